The first-order valence-corrected chi connectivity index (χ1v) is 6.72. The van der Waals surface area contributed by atoms with Crippen molar-refractivity contribution in [2.24, 2.45) is 0 Å². The molecule has 0 aliphatic carbocycles. The second kappa shape index (κ2) is 7.98. The van der Waals surface area contributed by atoms with E-state index in [0.29, 0.717) is 25.5 Å². The molecular formula is C14H20ClNO2. The predicted molar refractivity (Wildman–Crippen MR) is 74.3 cm³/mol. The van der Waals surface area contributed by atoms with Crippen LogP contribution in [0.5, 0.6) is 5.75 Å². The molecule has 0 saturated carbocycles. The Bertz CT molecular complexity index is 382. The van der Waals surface area contributed by atoms with Gasteiger partial charge in [-0.25, -0.2) is 0 Å². The molecule has 0 saturated heterocycles. The maximum absolute atomic E-state index is 11.5. The lowest BCUT2D eigenvalue weighted by Gasteiger charge is -2.17. The Kier molecular flexibility index (Phi) is 6.58. The minimum Gasteiger partial charge on any atom is -0.492 e. The summed E-state index contributed by atoms with van der Waals surface area (Å²) in [7, 11) is 1.76. The van der Waals surface area contributed by atoms with E-state index >= 15 is 0 Å². The Morgan fingerprint density at radius 3 is 2.89 bits per heavy atom. The first-order chi connectivity index (χ1) is 8.67. The number of likely N-dealkylation sites (N-methyl/N-ethyl adjacent to an activating group) is 1. The minimum atomic E-state index is 0.0518. The van der Waals surface area contributed by atoms with Gasteiger partial charge in [0, 0.05) is 19.3 Å². The highest BCUT2D eigenvalue weighted by Crippen LogP contribution is 2.13. The molecule has 1 amide bonds. The van der Waals surface area contributed by atoms with Gasteiger partial charge in [0.15, 0.2) is 0 Å². The highest BCUT2D eigenvalue weighted by Gasteiger charge is 2.07. The number of nitrogens with zero attached hydrogens (tertiary/aromatic N) is 1. The van der Waals surface area contributed by atoms with Crippen molar-refractivity contribution in [2.75, 3.05) is 26.1 Å². The molecule has 0 unspecified atom stereocenters. The van der Waals surface area contributed by atoms with Gasteiger partial charge in [0.25, 0.3) is 0 Å². The summed E-state index contributed by atoms with van der Waals surface area (Å²) in [5, 5.41) is 0. The number of amides is 1. The first-order valence-electron chi connectivity index (χ1n) is 6.19. The highest BCUT2D eigenvalue weighted by molar-refractivity contribution is 6.18. The molecule has 4 heteroatoms. The largest absolute Gasteiger partial charge is 0.492 e. The van der Waals surface area contributed by atoms with Gasteiger partial charge in [0.1, 0.15) is 12.4 Å². The standard InChI is InChI=1S/C14H20ClNO2/c1-3-12-5-4-6-13(11-12)18-10-9-16(2)14(17)7-8-15/h4-6,11H,3,7-10H2,1-2H3. The molecule has 1 aromatic rings. The zero-order valence-electron chi connectivity index (χ0n) is 11.0. The third-order valence-electron chi connectivity index (χ3n) is 2.74. The number of hydrogen-bond donors (Lipinski definition) is 0. The van der Waals surface area contributed by atoms with Gasteiger partial charge in [-0.1, -0.05) is 19.1 Å². The summed E-state index contributed by atoms with van der Waals surface area (Å²) >= 11 is 5.53. The van der Waals surface area contributed by atoms with Crippen LogP contribution in [0.15, 0.2) is 24.3 Å². The summed E-state index contributed by atoms with van der Waals surface area (Å²) in [5.74, 6) is 1.27. The number of carbonyl (C=O) groups excluding carboxylic acids is 1. The molecule has 3 nitrogen and oxygen atoms in total. The number of ether oxygens (including phenoxy) is 1. The van der Waals surface area contributed by atoms with E-state index in [9.17, 15) is 4.79 Å². The molecule has 100 valence electrons. The molecule has 0 aromatic heterocycles. The van der Waals surface area contributed by atoms with Gasteiger partial charge < -0.3 is 9.64 Å². The van der Waals surface area contributed by atoms with E-state index < -0.39 is 0 Å². The van der Waals surface area contributed by atoms with Crippen molar-refractivity contribution in [3.05, 3.63) is 29.8 Å². The number of alkyl halides is 1. The van der Waals surface area contributed by atoms with E-state index in [1.54, 1.807) is 11.9 Å². The van der Waals surface area contributed by atoms with Crippen molar-refractivity contribution >= 4 is 17.5 Å². The Labute approximate surface area is 114 Å². The van der Waals surface area contributed by atoms with Crippen LogP contribution >= 0.6 is 11.6 Å². The van der Waals surface area contributed by atoms with Crippen molar-refractivity contribution in [3.8, 4) is 5.75 Å². The van der Waals surface area contributed by atoms with Gasteiger partial charge in [-0.05, 0) is 24.1 Å². The average molecular weight is 270 g/mol. The third-order valence-corrected chi connectivity index (χ3v) is 2.93. The fourth-order valence-electron chi connectivity index (χ4n) is 1.55. The molecule has 1 aromatic carbocycles. The Balaban J connectivity index is 2.34. The van der Waals surface area contributed by atoms with Crippen LogP contribution < -0.4 is 4.74 Å². The maximum Gasteiger partial charge on any atom is 0.223 e. The van der Waals surface area contributed by atoms with E-state index in [1.807, 2.05) is 18.2 Å². The fraction of sp³-hybridized carbons (Fsp3) is 0.500. The van der Waals surface area contributed by atoms with Crippen LogP contribution in [0.1, 0.15) is 18.9 Å². The smallest absolute Gasteiger partial charge is 0.223 e. The number of hydrogen-bond acceptors (Lipinski definition) is 2. The maximum atomic E-state index is 11.5. The quantitative estimate of drug-likeness (QED) is 0.713. The van der Waals surface area contributed by atoms with Crippen LogP contribution in [0.25, 0.3) is 0 Å². The first kappa shape index (κ1) is 14.8. The molecule has 0 radical (unpaired) electrons. The van der Waals surface area contributed by atoms with Gasteiger partial charge >= 0.3 is 0 Å². The molecule has 0 aliphatic heterocycles. The van der Waals surface area contributed by atoms with Crippen LogP contribution in [0, 0.1) is 0 Å². The number of rotatable bonds is 7. The molecule has 0 atom stereocenters. The van der Waals surface area contributed by atoms with Crippen LogP contribution in [0.4, 0.5) is 0 Å². The molecule has 0 spiro atoms. The summed E-state index contributed by atoms with van der Waals surface area (Å²) < 4.78 is 5.62. The van der Waals surface area contributed by atoms with E-state index in [2.05, 4.69) is 13.0 Å². The van der Waals surface area contributed by atoms with E-state index in [0.717, 1.165) is 12.2 Å². The third kappa shape index (κ3) is 4.96. The van der Waals surface area contributed by atoms with E-state index in [-0.39, 0.29) is 5.91 Å². The molecular weight excluding hydrogens is 250 g/mol. The molecule has 0 N–H and O–H groups in total. The van der Waals surface area contributed by atoms with Crippen molar-refractivity contribution in [1.29, 1.82) is 0 Å². The minimum absolute atomic E-state index is 0.0518. The average Bonchev–Trinajstić information content (AvgIpc) is 2.39. The predicted octanol–water partition coefficient (Wildman–Crippen LogP) is 2.72. The summed E-state index contributed by atoms with van der Waals surface area (Å²) in [6.07, 6.45) is 1.37. The topological polar surface area (TPSA) is 29.5 Å². The molecule has 0 aliphatic rings. The van der Waals surface area contributed by atoms with Gasteiger partial charge in [-0.15, -0.1) is 11.6 Å². The summed E-state index contributed by atoms with van der Waals surface area (Å²) in [6.45, 7) is 3.18. The highest BCUT2D eigenvalue weighted by atomic mass is 35.5. The lowest BCUT2D eigenvalue weighted by Crippen LogP contribution is -2.30. The molecule has 0 fully saturated rings. The zero-order chi connectivity index (χ0) is 13.4. The normalized spacial score (nSPS) is 10.2. The van der Waals surface area contributed by atoms with E-state index in [4.69, 9.17) is 16.3 Å². The fourth-order valence-corrected chi connectivity index (χ4v) is 1.71. The second-order valence-corrected chi connectivity index (χ2v) is 4.48. The SMILES string of the molecule is CCc1cccc(OCCN(C)C(=O)CCCl)c1. The van der Waals surface area contributed by atoms with Crippen LogP contribution in [0.2, 0.25) is 0 Å². The summed E-state index contributed by atoms with van der Waals surface area (Å²) in [4.78, 5) is 13.1. The van der Waals surface area contributed by atoms with Crippen molar-refractivity contribution in [1.82, 2.24) is 4.90 Å². The number of carbonyl (C=O) groups is 1. The number of halogens is 1. The number of benzene rings is 1. The van der Waals surface area contributed by atoms with Gasteiger partial charge in [-0.2, -0.15) is 0 Å². The monoisotopic (exact) mass is 269 g/mol. The lowest BCUT2D eigenvalue weighted by molar-refractivity contribution is -0.129. The lowest BCUT2D eigenvalue weighted by atomic mass is 10.2. The summed E-state index contributed by atoms with van der Waals surface area (Å²) in [6, 6.07) is 8.01. The zero-order valence-corrected chi connectivity index (χ0v) is 11.7. The van der Waals surface area contributed by atoms with Crippen molar-refractivity contribution in [2.45, 2.75) is 19.8 Å². The van der Waals surface area contributed by atoms with Crippen LogP contribution in [-0.2, 0) is 11.2 Å². The molecule has 0 heterocycles. The van der Waals surface area contributed by atoms with Gasteiger partial charge in [-0.3, -0.25) is 4.79 Å². The van der Waals surface area contributed by atoms with Crippen LogP contribution in [0.3, 0.4) is 0 Å². The van der Waals surface area contributed by atoms with Gasteiger partial charge in [0.2, 0.25) is 5.91 Å². The Morgan fingerprint density at radius 2 is 2.22 bits per heavy atom. The van der Waals surface area contributed by atoms with E-state index in [1.165, 1.54) is 5.56 Å². The molecule has 18 heavy (non-hydrogen) atoms. The molecule has 0 bridgehead atoms. The van der Waals surface area contributed by atoms with Crippen molar-refractivity contribution in [3.63, 3.8) is 0 Å². The Hall–Kier alpha value is -1.22. The van der Waals surface area contributed by atoms with Crippen molar-refractivity contribution < 1.29 is 9.53 Å². The second-order valence-electron chi connectivity index (χ2n) is 4.10. The summed E-state index contributed by atoms with van der Waals surface area (Å²) in [5.41, 5.74) is 1.25. The number of aryl methyl sites for hydroxylation is 1. The Morgan fingerprint density at radius 1 is 1.44 bits per heavy atom. The van der Waals surface area contributed by atoms with Gasteiger partial charge in [0.05, 0.1) is 6.54 Å². The molecule has 1 rings (SSSR count). The van der Waals surface area contributed by atoms with Crippen LogP contribution in [-0.4, -0.2) is 36.9 Å².